The molecule has 8 heteroatoms. The van der Waals surface area contributed by atoms with Gasteiger partial charge in [0.25, 0.3) is 0 Å². The van der Waals surface area contributed by atoms with Crippen LogP contribution in [0.3, 0.4) is 0 Å². The summed E-state index contributed by atoms with van der Waals surface area (Å²) < 4.78 is 40.7. The van der Waals surface area contributed by atoms with Crippen LogP contribution in [0.2, 0.25) is 0 Å². The van der Waals surface area contributed by atoms with Gasteiger partial charge in [0.2, 0.25) is 5.91 Å². The summed E-state index contributed by atoms with van der Waals surface area (Å²) in [5, 5.41) is 2.05. The topological polar surface area (TPSA) is 54.5 Å². The second-order valence-corrected chi connectivity index (χ2v) is 10.3. The Bertz CT molecular complexity index is 1190. The molecular formula is C28H35F3N4O. The number of rotatable bonds is 8. The van der Waals surface area contributed by atoms with Crippen molar-refractivity contribution >= 4 is 22.4 Å². The summed E-state index contributed by atoms with van der Waals surface area (Å²) in [4.78, 5) is 17.0. The summed E-state index contributed by atoms with van der Waals surface area (Å²) in [6, 6.07) is 11.6. The number of carbonyl (C=O) groups is 1. The lowest BCUT2D eigenvalue weighted by Crippen LogP contribution is -2.46. The molecule has 0 spiro atoms. The number of nitrogens with zero attached hydrogens (tertiary/aromatic N) is 3. The number of nitrogens with two attached hydrogens (primary N) is 1. The fourth-order valence-corrected chi connectivity index (χ4v) is 4.71. The summed E-state index contributed by atoms with van der Waals surface area (Å²) in [6.07, 6.45) is 2.74. The predicted octanol–water partition coefficient (Wildman–Crippen LogP) is 5.88. The number of piperazine rings is 1. The molecule has 0 radical (unpaired) electrons. The zero-order valence-corrected chi connectivity index (χ0v) is 21.0. The van der Waals surface area contributed by atoms with E-state index in [1.54, 1.807) is 10.6 Å². The lowest BCUT2D eigenvalue weighted by molar-refractivity contribution is -0.137. The minimum absolute atomic E-state index is 0.0921. The normalized spacial score (nSPS) is 15.6. The van der Waals surface area contributed by atoms with Crippen LogP contribution in [0.4, 0.5) is 18.9 Å². The van der Waals surface area contributed by atoms with Crippen LogP contribution in [0.25, 0.3) is 10.8 Å². The molecule has 1 aliphatic rings. The monoisotopic (exact) mass is 500 g/mol. The smallest absolute Gasteiger partial charge is 0.369 e. The molecule has 0 unspecified atom stereocenters. The third kappa shape index (κ3) is 6.48. The second-order valence-electron chi connectivity index (χ2n) is 10.3. The van der Waals surface area contributed by atoms with E-state index in [1.807, 2.05) is 49.3 Å². The summed E-state index contributed by atoms with van der Waals surface area (Å²) in [6.45, 7) is 7.95. The van der Waals surface area contributed by atoms with E-state index in [0.717, 1.165) is 61.3 Å². The van der Waals surface area contributed by atoms with Crippen molar-refractivity contribution in [2.45, 2.75) is 51.2 Å². The predicted molar refractivity (Wildman–Crippen MR) is 138 cm³/mol. The van der Waals surface area contributed by atoms with E-state index in [2.05, 4.69) is 4.90 Å². The molecule has 1 fully saturated rings. The van der Waals surface area contributed by atoms with Crippen LogP contribution in [0.15, 0.2) is 54.9 Å². The summed E-state index contributed by atoms with van der Waals surface area (Å²) >= 11 is 0. The average Bonchev–Trinajstić information content (AvgIpc) is 3.27. The molecule has 0 aliphatic carbocycles. The Morgan fingerprint density at radius 2 is 1.61 bits per heavy atom. The third-order valence-electron chi connectivity index (χ3n) is 6.95. The van der Waals surface area contributed by atoms with Gasteiger partial charge in [-0.1, -0.05) is 24.6 Å². The van der Waals surface area contributed by atoms with E-state index in [1.165, 1.54) is 12.1 Å². The van der Waals surface area contributed by atoms with E-state index >= 15 is 0 Å². The summed E-state index contributed by atoms with van der Waals surface area (Å²) in [5.74, 6) is 0.0921. The number of fused-ring (bicyclic) bond motifs is 1. The fraction of sp³-hybridized carbons (Fsp3) is 0.464. The van der Waals surface area contributed by atoms with Crippen LogP contribution in [0.5, 0.6) is 0 Å². The number of halogens is 3. The van der Waals surface area contributed by atoms with Crippen LogP contribution < -0.4 is 10.6 Å². The van der Waals surface area contributed by atoms with Crippen LogP contribution in [-0.2, 0) is 11.7 Å². The van der Waals surface area contributed by atoms with Gasteiger partial charge in [0.1, 0.15) is 0 Å². The Kier molecular flexibility index (Phi) is 7.76. The van der Waals surface area contributed by atoms with Gasteiger partial charge < -0.3 is 10.6 Å². The van der Waals surface area contributed by atoms with Gasteiger partial charge in [0.15, 0.2) is 0 Å². The molecule has 0 amide bonds. The molecule has 1 aliphatic heterocycles. The Morgan fingerprint density at radius 1 is 0.889 bits per heavy atom. The van der Waals surface area contributed by atoms with Gasteiger partial charge in [0.05, 0.1) is 5.56 Å². The van der Waals surface area contributed by atoms with Gasteiger partial charge in [-0.2, -0.15) is 13.2 Å². The Balaban J connectivity index is 1.18. The maximum Gasteiger partial charge on any atom is 0.416 e. The van der Waals surface area contributed by atoms with E-state index in [-0.39, 0.29) is 5.91 Å². The SMILES string of the molecule is CC(C)(N)c1ccc2cn(C(=O)CCCCCN3CCN(c4cccc(C(F)(F)F)c4)CC3)cc2c1. The van der Waals surface area contributed by atoms with Crippen LogP contribution in [0, 0.1) is 0 Å². The standard InChI is InChI=1S/C28H35F3N4O/c1-27(2,32)23-11-10-21-19-35(20-22(21)17-23)26(36)9-4-3-5-12-33-13-15-34(16-14-33)25-8-6-7-24(18-25)28(29,30)31/h6-8,10-11,17-20H,3-5,9,12-16,32H2,1-2H3. The first-order valence-electron chi connectivity index (χ1n) is 12.6. The molecule has 1 saturated heterocycles. The molecule has 5 nitrogen and oxygen atoms in total. The zero-order chi connectivity index (χ0) is 25.9. The maximum atomic E-state index is 13.0. The van der Waals surface area contributed by atoms with Crippen molar-refractivity contribution in [3.8, 4) is 0 Å². The molecule has 0 saturated carbocycles. The summed E-state index contributed by atoms with van der Waals surface area (Å²) in [7, 11) is 0. The number of alkyl halides is 3. The molecule has 3 aromatic rings. The molecule has 36 heavy (non-hydrogen) atoms. The van der Waals surface area contributed by atoms with Gasteiger partial charge in [-0.15, -0.1) is 0 Å². The number of anilines is 1. The van der Waals surface area contributed by atoms with Crippen molar-refractivity contribution < 1.29 is 18.0 Å². The van der Waals surface area contributed by atoms with E-state index < -0.39 is 17.3 Å². The number of benzene rings is 2. The Morgan fingerprint density at radius 3 is 2.31 bits per heavy atom. The third-order valence-corrected chi connectivity index (χ3v) is 6.95. The molecule has 1 aromatic heterocycles. The number of aromatic nitrogens is 1. The highest BCUT2D eigenvalue weighted by molar-refractivity contribution is 5.89. The van der Waals surface area contributed by atoms with E-state index in [0.29, 0.717) is 25.2 Å². The van der Waals surface area contributed by atoms with Gasteiger partial charge in [0, 0.05) is 61.6 Å². The molecular weight excluding hydrogens is 465 g/mol. The number of hydrogen-bond acceptors (Lipinski definition) is 4. The first kappa shape index (κ1) is 26.2. The van der Waals surface area contributed by atoms with Gasteiger partial charge >= 0.3 is 6.18 Å². The lowest BCUT2D eigenvalue weighted by atomic mass is 9.94. The molecule has 2 N–H and O–H groups in total. The van der Waals surface area contributed by atoms with Crippen LogP contribution in [-0.4, -0.2) is 48.1 Å². The van der Waals surface area contributed by atoms with Gasteiger partial charge in [-0.05, 0) is 68.4 Å². The van der Waals surface area contributed by atoms with Crippen molar-refractivity contribution in [2.75, 3.05) is 37.6 Å². The van der Waals surface area contributed by atoms with Crippen LogP contribution >= 0.6 is 0 Å². The first-order chi connectivity index (χ1) is 17.0. The van der Waals surface area contributed by atoms with Gasteiger partial charge in [-0.25, -0.2) is 0 Å². The Hall–Kier alpha value is -2.84. The maximum absolute atomic E-state index is 13.0. The molecule has 4 rings (SSSR count). The average molecular weight is 501 g/mol. The quantitative estimate of drug-likeness (QED) is 0.393. The highest BCUT2D eigenvalue weighted by Crippen LogP contribution is 2.32. The minimum Gasteiger partial charge on any atom is -0.369 e. The number of carbonyl (C=O) groups excluding carboxylic acids is 1. The molecule has 194 valence electrons. The molecule has 0 atom stereocenters. The van der Waals surface area contributed by atoms with Crippen molar-refractivity contribution in [3.05, 3.63) is 66.0 Å². The molecule has 2 aromatic carbocycles. The van der Waals surface area contributed by atoms with Crippen molar-refractivity contribution in [1.29, 1.82) is 0 Å². The fourth-order valence-electron chi connectivity index (χ4n) is 4.71. The van der Waals surface area contributed by atoms with Crippen molar-refractivity contribution in [2.24, 2.45) is 5.73 Å². The van der Waals surface area contributed by atoms with Gasteiger partial charge in [-0.3, -0.25) is 14.3 Å². The highest BCUT2D eigenvalue weighted by Gasteiger charge is 2.31. The zero-order valence-electron chi connectivity index (χ0n) is 21.0. The van der Waals surface area contributed by atoms with Crippen LogP contribution in [0.1, 0.15) is 55.5 Å². The van der Waals surface area contributed by atoms with Crippen molar-refractivity contribution in [3.63, 3.8) is 0 Å². The second kappa shape index (κ2) is 10.6. The van der Waals surface area contributed by atoms with E-state index in [4.69, 9.17) is 5.73 Å². The summed E-state index contributed by atoms with van der Waals surface area (Å²) in [5.41, 5.74) is 6.84. The van der Waals surface area contributed by atoms with Crippen molar-refractivity contribution in [1.82, 2.24) is 9.47 Å². The highest BCUT2D eigenvalue weighted by atomic mass is 19.4. The molecule has 0 bridgehead atoms. The molecule has 2 heterocycles. The minimum atomic E-state index is -4.32. The largest absolute Gasteiger partial charge is 0.416 e. The number of unbranched alkanes of at least 4 members (excludes halogenated alkanes) is 2. The first-order valence-corrected chi connectivity index (χ1v) is 12.6. The lowest BCUT2D eigenvalue weighted by Gasteiger charge is -2.36. The number of hydrogen-bond donors (Lipinski definition) is 1. The van der Waals surface area contributed by atoms with E-state index in [9.17, 15) is 18.0 Å². The Labute approximate surface area is 210 Å².